The average molecular weight is 669 g/mol. The maximum atomic E-state index is 14.1. The standard InChI is InChI=1S/C29H32BrCl2N3O4S/c1-20(2)17-33-29(37)27(15-21-9-5-4-6-10-21)34(18-24-25(31)13-8-14-26(24)32)28(36)19-35(40(3,38)39)23-12-7-11-22(30)16-23/h4-14,16,20,27H,15,17-19H2,1-3H3,(H,33,37)/t27-/m1/s1. The highest BCUT2D eigenvalue weighted by atomic mass is 79.9. The molecule has 1 N–H and O–H groups in total. The molecule has 0 aromatic heterocycles. The molecule has 0 heterocycles. The van der Waals surface area contributed by atoms with E-state index >= 15 is 0 Å². The first-order chi connectivity index (χ1) is 18.9. The van der Waals surface area contributed by atoms with Gasteiger partial charge in [0, 0.05) is 39.6 Å². The van der Waals surface area contributed by atoms with Gasteiger partial charge in [0.25, 0.3) is 0 Å². The number of nitrogens with zero attached hydrogens (tertiary/aromatic N) is 2. The molecule has 1 atom stereocenters. The molecule has 214 valence electrons. The molecule has 0 unspecified atom stereocenters. The minimum atomic E-state index is -3.87. The zero-order valence-electron chi connectivity index (χ0n) is 22.5. The monoisotopic (exact) mass is 667 g/mol. The van der Waals surface area contributed by atoms with Gasteiger partial charge in [-0.2, -0.15) is 0 Å². The van der Waals surface area contributed by atoms with E-state index in [4.69, 9.17) is 23.2 Å². The second-order valence-electron chi connectivity index (χ2n) is 9.82. The molecule has 0 bridgehead atoms. The number of carbonyl (C=O) groups excluding carboxylic acids is 2. The van der Waals surface area contributed by atoms with Crippen molar-refractivity contribution < 1.29 is 18.0 Å². The zero-order chi connectivity index (χ0) is 29.4. The maximum Gasteiger partial charge on any atom is 0.244 e. The highest BCUT2D eigenvalue weighted by Gasteiger charge is 2.33. The molecule has 3 aromatic rings. The van der Waals surface area contributed by atoms with Crippen molar-refractivity contribution in [3.8, 4) is 0 Å². The Morgan fingerprint density at radius 2 is 1.57 bits per heavy atom. The Hall–Kier alpha value is -2.59. The SMILES string of the molecule is CC(C)CNC(=O)[C@@H](Cc1ccccc1)N(Cc1c(Cl)cccc1Cl)C(=O)CN(c1cccc(Br)c1)S(C)(=O)=O. The molecule has 3 rings (SSSR count). The number of sulfonamides is 1. The fraction of sp³-hybridized carbons (Fsp3) is 0.310. The van der Waals surface area contributed by atoms with Gasteiger partial charge in [-0.1, -0.05) is 95.4 Å². The van der Waals surface area contributed by atoms with E-state index in [1.807, 2.05) is 44.2 Å². The molecule has 0 aliphatic rings. The topological polar surface area (TPSA) is 86.8 Å². The molecule has 0 radical (unpaired) electrons. The molecule has 3 aromatic carbocycles. The second-order valence-corrected chi connectivity index (χ2v) is 13.5. The van der Waals surface area contributed by atoms with Crippen molar-refractivity contribution in [1.82, 2.24) is 10.2 Å². The number of hydrogen-bond acceptors (Lipinski definition) is 4. The van der Waals surface area contributed by atoms with Gasteiger partial charge in [-0.25, -0.2) is 8.42 Å². The number of nitrogens with one attached hydrogen (secondary N) is 1. The smallest absolute Gasteiger partial charge is 0.244 e. The summed E-state index contributed by atoms with van der Waals surface area (Å²) in [4.78, 5) is 29.1. The summed E-state index contributed by atoms with van der Waals surface area (Å²) in [7, 11) is -3.87. The van der Waals surface area contributed by atoms with Gasteiger partial charge >= 0.3 is 0 Å². The van der Waals surface area contributed by atoms with Crippen molar-refractivity contribution in [3.63, 3.8) is 0 Å². The normalized spacial score (nSPS) is 12.2. The Balaban J connectivity index is 2.09. The van der Waals surface area contributed by atoms with Gasteiger partial charge in [-0.05, 0) is 41.8 Å². The molecule has 0 saturated heterocycles. The first-order valence-corrected chi connectivity index (χ1v) is 16.0. The summed E-state index contributed by atoms with van der Waals surface area (Å²) in [6, 6.07) is 20.0. The molecule has 0 aliphatic heterocycles. The molecule has 40 heavy (non-hydrogen) atoms. The largest absolute Gasteiger partial charge is 0.354 e. The third-order valence-corrected chi connectivity index (χ3v) is 8.46. The van der Waals surface area contributed by atoms with Crippen LogP contribution < -0.4 is 9.62 Å². The quantitative estimate of drug-likeness (QED) is 0.259. The number of benzene rings is 3. The minimum absolute atomic E-state index is 0.0972. The second kappa shape index (κ2) is 14.3. The van der Waals surface area contributed by atoms with E-state index in [-0.39, 0.29) is 24.8 Å². The molecule has 0 fully saturated rings. The van der Waals surface area contributed by atoms with Gasteiger partial charge in [0.1, 0.15) is 12.6 Å². The predicted octanol–water partition coefficient (Wildman–Crippen LogP) is 5.93. The van der Waals surface area contributed by atoms with Crippen molar-refractivity contribution in [3.05, 3.63) is 98.4 Å². The summed E-state index contributed by atoms with van der Waals surface area (Å²) in [5, 5.41) is 3.60. The van der Waals surface area contributed by atoms with E-state index in [1.54, 1.807) is 42.5 Å². The van der Waals surface area contributed by atoms with Gasteiger partial charge in [0.15, 0.2) is 0 Å². The third-order valence-electron chi connectivity index (χ3n) is 6.12. The van der Waals surface area contributed by atoms with Crippen molar-refractivity contribution >= 4 is 66.7 Å². The van der Waals surface area contributed by atoms with Gasteiger partial charge in [0.2, 0.25) is 21.8 Å². The summed E-state index contributed by atoms with van der Waals surface area (Å²) in [5.41, 5.74) is 1.61. The van der Waals surface area contributed by atoms with Crippen molar-refractivity contribution in [1.29, 1.82) is 0 Å². The number of hydrogen-bond donors (Lipinski definition) is 1. The Labute approximate surface area is 254 Å². The first-order valence-electron chi connectivity index (χ1n) is 12.6. The summed E-state index contributed by atoms with van der Waals surface area (Å²) < 4.78 is 27.4. The third kappa shape index (κ3) is 8.96. The minimum Gasteiger partial charge on any atom is -0.354 e. The molecular formula is C29H32BrCl2N3O4S. The van der Waals surface area contributed by atoms with E-state index < -0.39 is 28.5 Å². The number of anilines is 1. The Bertz CT molecular complexity index is 1420. The molecule has 0 spiro atoms. The summed E-state index contributed by atoms with van der Waals surface area (Å²) >= 11 is 16.3. The van der Waals surface area contributed by atoms with E-state index in [1.165, 1.54) is 4.90 Å². The first kappa shape index (κ1) is 31.9. The van der Waals surface area contributed by atoms with Crippen LogP contribution in [-0.2, 0) is 32.6 Å². The molecule has 0 aliphatic carbocycles. The van der Waals surface area contributed by atoms with Gasteiger partial charge in [-0.3, -0.25) is 13.9 Å². The van der Waals surface area contributed by atoms with Crippen LogP contribution in [0.15, 0.2) is 77.3 Å². The zero-order valence-corrected chi connectivity index (χ0v) is 26.4. The number of amides is 2. The van der Waals surface area contributed by atoms with Crippen LogP contribution in [0.3, 0.4) is 0 Å². The van der Waals surface area contributed by atoms with Crippen molar-refractivity contribution in [2.75, 3.05) is 23.7 Å². The van der Waals surface area contributed by atoms with Crippen LogP contribution in [0.2, 0.25) is 10.0 Å². The lowest BCUT2D eigenvalue weighted by Gasteiger charge is -2.34. The summed E-state index contributed by atoms with van der Waals surface area (Å²) in [5.74, 6) is -0.759. The number of carbonyl (C=O) groups is 2. The lowest BCUT2D eigenvalue weighted by atomic mass is 10.0. The Morgan fingerprint density at radius 3 is 2.15 bits per heavy atom. The van der Waals surface area contributed by atoms with E-state index in [9.17, 15) is 18.0 Å². The van der Waals surface area contributed by atoms with Crippen LogP contribution >= 0.6 is 39.1 Å². The maximum absolute atomic E-state index is 14.1. The Morgan fingerprint density at radius 1 is 0.950 bits per heavy atom. The van der Waals surface area contributed by atoms with Crippen LogP contribution in [0.25, 0.3) is 0 Å². The lowest BCUT2D eigenvalue weighted by molar-refractivity contribution is -0.140. The highest BCUT2D eigenvalue weighted by Crippen LogP contribution is 2.28. The lowest BCUT2D eigenvalue weighted by Crippen LogP contribution is -2.53. The molecule has 11 heteroatoms. The van der Waals surface area contributed by atoms with Gasteiger partial charge < -0.3 is 10.2 Å². The average Bonchev–Trinajstić information content (AvgIpc) is 2.89. The van der Waals surface area contributed by atoms with Crippen LogP contribution in [0.4, 0.5) is 5.69 Å². The van der Waals surface area contributed by atoms with Crippen LogP contribution in [0.1, 0.15) is 25.0 Å². The van der Waals surface area contributed by atoms with Crippen molar-refractivity contribution in [2.24, 2.45) is 5.92 Å². The van der Waals surface area contributed by atoms with Gasteiger partial charge in [-0.15, -0.1) is 0 Å². The Kier molecular flexibility index (Phi) is 11.5. The van der Waals surface area contributed by atoms with Crippen LogP contribution in [-0.4, -0.2) is 50.5 Å². The van der Waals surface area contributed by atoms with E-state index in [0.717, 1.165) is 16.1 Å². The van der Waals surface area contributed by atoms with Crippen LogP contribution in [0.5, 0.6) is 0 Å². The van der Waals surface area contributed by atoms with Gasteiger partial charge in [0.05, 0.1) is 11.9 Å². The summed E-state index contributed by atoms with van der Waals surface area (Å²) in [6.45, 7) is 3.73. The molecule has 7 nitrogen and oxygen atoms in total. The van der Waals surface area contributed by atoms with Crippen molar-refractivity contribution in [2.45, 2.75) is 32.9 Å². The van der Waals surface area contributed by atoms with Crippen LogP contribution in [0, 0.1) is 5.92 Å². The predicted molar refractivity (Wildman–Crippen MR) is 165 cm³/mol. The number of rotatable bonds is 12. The fourth-order valence-electron chi connectivity index (χ4n) is 4.08. The molecule has 0 saturated carbocycles. The molecular weight excluding hydrogens is 637 g/mol. The van der Waals surface area contributed by atoms with E-state index in [0.29, 0.717) is 32.3 Å². The fourth-order valence-corrected chi connectivity index (χ4v) is 5.82. The van der Waals surface area contributed by atoms with E-state index in [2.05, 4.69) is 21.2 Å². The number of halogens is 3. The summed E-state index contributed by atoms with van der Waals surface area (Å²) in [6.07, 6.45) is 1.24. The molecule has 2 amide bonds. The highest BCUT2D eigenvalue weighted by molar-refractivity contribution is 9.10.